The van der Waals surface area contributed by atoms with Crippen LogP contribution in [-0.2, 0) is 6.54 Å². The topological polar surface area (TPSA) is 47.0 Å². The van der Waals surface area contributed by atoms with Gasteiger partial charge in [0.25, 0.3) is 5.91 Å². The number of hydrogen-bond donors (Lipinski definition) is 1. The molecule has 0 spiro atoms. The highest BCUT2D eigenvalue weighted by Crippen LogP contribution is 2.29. The average Bonchev–Trinajstić information content (AvgIpc) is 2.74. The second-order valence-corrected chi connectivity index (χ2v) is 8.85. The summed E-state index contributed by atoms with van der Waals surface area (Å²) in [6.45, 7) is 6.92. The molecular formula is C23H28ClN3O2. The molecule has 2 saturated heterocycles. The van der Waals surface area contributed by atoms with Crippen LogP contribution in [0.2, 0.25) is 5.02 Å². The first kappa shape index (κ1) is 20.4. The van der Waals surface area contributed by atoms with Gasteiger partial charge in [-0.1, -0.05) is 41.9 Å². The van der Waals surface area contributed by atoms with E-state index in [9.17, 15) is 9.90 Å². The lowest BCUT2D eigenvalue weighted by atomic mass is 9.91. The lowest BCUT2D eigenvalue weighted by molar-refractivity contribution is -0.0889. The first-order valence-corrected chi connectivity index (χ1v) is 10.5. The van der Waals surface area contributed by atoms with Gasteiger partial charge in [-0.2, -0.15) is 0 Å². The fourth-order valence-electron chi connectivity index (χ4n) is 4.72. The van der Waals surface area contributed by atoms with Crippen LogP contribution in [0.3, 0.4) is 0 Å². The van der Waals surface area contributed by atoms with Gasteiger partial charge in [-0.3, -0.25) is 14.6 Å². The summed E-state index contributed by atoms with van der Waals surface area (Å²) in [5, 5.41) is 10.8. The Morgan fingerprint density at radius 1 is 1.10 bits per heavy atom. The normalized spacial score (nSPS) is 25.6. The number of halogens is 1. The number of hydrogen-bond acceptors (Lipinski definition) is 4. The average molecular weight is 414 g/mol. The second-order valence-electron chi connectivity index (χ2n) is 8.42. The van der Waals surface area contributed by atoms with E-state index in [2.05, 4.69) is 41.0 Å². The van der Waals surface area contributed by atoms with Crippen LogP contribution in [0.25, 0.3) is 0 Å². The number of carbonyl (C=O) groups excluding carboxylic acids is 1. The van der Waals surface area contributed by atoms with E-state index in [1.54, 1.807) is 24.3 Å². The molecule has 154 valence electrons. The van der Waals surface area contributed by atoms with E-state index in [1.165, 1.54) is 5.56 Å². The van der Waals surface area contributed by atoms with Crippen molar-refractivity contribution >= 4 is 17.5 Å². The van der Waals surface area contributed by atoms with Crippen molar-refractivity contribution in [1.29, 1.82) is 0 Å². The molecule has 4 rings (SSSR count). The van der Waals surface area contributed by atoms with E-state index >= 15 is 0 Å². The molecule has 0 aliphatic carbocycles. The number of rotatable bonds is 4. The number of fused-ring (bicyclic) bond motifs is 1. The number of nitrogens with zero attached hydrogens (tertiary/aromatic N) is 3. The SMILES string of the molecule is C[C@@]1(CO)CN(Cc2ccccc2)C[C@@H]2CN(C(=O)c3ccc(Cl)cc3)CCN21. The summed E-state index contributed by atoms with van der Waals surface area (Å²) in [6, 6.07) is 17.7. The molecular weight excluding hydrogens is 386 g/mol. The molecule has 2 aromatic rings. The quantitative estimate of drug-likeness (QED) is 0.837. The number of amides is 1. The smallest absolute Gasteiger partial charge is 0.253 e. The molecule has 1 amide bonds. The van der Waals surface area contributed by atoms with Gasteiger partial charge in [-0.05, 0) is 36.8 Å². The van der Waals surface area contributed by atoms with Crippen molar-refractivity contribution in [2.45, 2.75) is 25.0 Å². The number of aliphatic hydroxyl groups excluding tert-OH is 1. The Bertz CT molecular complexity index is 845. The third-order valence-electron chi connectivity index (χ3n) is 6.18. The molecule has 6 heteroatoms. The van der Waals surface area contributed by atoms with Crippen LogP contribution in [-0.4, -0.2) is 76.6 Å². The highest BCUT2D eigenvalue weighted by atomic mass is 35.5. The molecule has 0 radical (unpaired) electrons. The largest absolute Gasteiger partial charge is 0.394 e. The first-order valence-electron chi connectivity index (χ1n) is 10.2. The minimum atomic E-state index is -0.299. The van der Waals surface area contributed by atoms with E-state index in [1.807, 2.05) is 11.0 Å². The zero-order chi connectivity index (χ0) is 20.4. The Hall–Kier alpha value is -1.92. The van der Waals surface area contributed by atoms with Gasteiger partial charge < -0.3 is 10.0 Å². The standard InChI is InChI=1S/C23H28ClN3O2/c1-23(17-28)16-25(13-18-5-3-2-4-6-18)14-21-15-26(11-12-27(21)23)22(29)19-7-9-20(24)10-8-19/h2-10,21,28H,11-17H2,1H3/t21-,23+/m1/s1. The van der Waals surface area contributed by atoms with Gasteiger partial charge in [0.15, 0.2) is 0 Å². The van der Waals surface area contributed by atoms with Crippen molar-refractivity contribution in [3.63, 3.8) is 0 Å². The summed E-state index contributed by atoms with van der Waals surface area (Å²) >= 11 is 5.96. The highest BCUT2D eigenvalue weighted by molar-refractivity contribution is 6.30. The summed E-state index contributed by atoms with van der Waals surface area (Å²) < 4.78 is 0. The number of benzene rings is 2. The van der Waals surface area contributed by atoms with E-state index < -0.39 is 0 Å². The predicted octanol–water partition coefficient (Wildman–Crippen LogP) is 2.73. The van der Waals surface area contributed by atoms with Crippen LogP contribution in [0.1, 0.15) is 22.8 Å². The zero-order valence-electron chi connectivity index (χ0n) is 16.8. The first-order chi connectivity index (χ1) is 14.0. The lowest BCUT2D eigenvalue weighted by Gasteiger charge is -2.56. The molecule has 0 saturated carbocycles. The fourth-order valence-corrected chi connectivity index (χ4v) is 4.85. The molecule has 2 atom stereocenters. The van der Waals surface area contributed by atoms with Gasteiger partial charge in [-0.25, -0.2) is 0 Å². The maximum absolute atomic E-state index is 13.0. The van der Waals surface area contributed by atoms with Gasteiger partial charge in [0, 0.05) is 55.9 Å². The number of piperazine rings is 2. The van der Waals surface area contributed by atoms with E-state index in [-0.39, 0.29) is 24.1 Å². The molecule has 5 nitrogen and oxygen atoms in total. The maximum atomic E-state index is 13.0. The van der Waals surface area contributed by atoms with E-state index in [4.69, 9.17) is 11.6 Å². The van der Waals surface area contributed by atoms with Crippen LogP contribution in [0, 0.1) is 0 Å². The minimum Gasteiger partial charge on any atom is -0.394 e. The Morgan fingerprint density at radius 3 is 2.52 bits per heavy atom. The molecule has 2 fully saturated rings. The van der Waals surface area contributed by atoms with Crippen LogP contribution >= 0.6 is 11.6 Å². The van der Waals surface area contributed by atoms with E-state index in [0.29, 0.717) is 23.7 Å². The zero-order valence-corrected chi connectivity index (χ0v) is 17.6. The Kier molecular flexibility index (Phi) is 5.93. The van der Waals surface area contributed by atoms with Gasteiger partial charge in [0.05, 0.1) is 12.1 Å². The Morgan fingerprint density at radius 2 is 1.83 bits per heavy atom. The molecule has 0 bridgehead atoms. The van der Waals surface area contributed by atoms with Crippen molar-refractivity contribution in [2.24, 2.45) is 0 Å². The van der Waals surface area contributed by atoms with Crippen molar-refractivity contribution in [1.82, 2.24) is 14.7 Å². The number of carbonyl (C=O) groups is 1. The number of aliphatic hydroxyl groups is 1. The Labute approximate surface area is 177 Å². The van der Waals surface area contributed by atoms with Gasteiger partial charge in [0.2, 0.25) is 0 Å². The third-order valence-corrected chi connectivity index (χ3v) is 6.43. The van der Waals surface area contributed by atoms with Crippen LogP contribution < -0.4 is 0 Å². The predicted molar refractivity (Wildman–Crippen MR) is 115 cm³/mol. The molecule has 0 aromatic heterocycles. The van der Waals surface area contributed by atoms with Gasteiger partial charge in [-0.15, -0.1) is 0 Å². The summed E-state index contributed by atoms with van der Waals surface area (Å²) in [6.07, 6.45) is 0. The van der Waals surface area contributed by atoms with Crippen molar-refractivity contribution in [2.75, 3.05) is 39.3 Å². The molecule has 2 aliphatic heterocycles. The minimum absolute atomic E-state index is 0.0483. The molecule has 2 aliphatic rings. The molecule has 0 unspecified atom stereocenters. The summed E-state index contributed by atoms with van der Waals surface area (Å²) in [5.41, 5.74) is 1.64. The van der Waals surface area contributed by atoms with Crippen molar-refractivity contribution < 1.29 is 9.90 Å². The maximum Gasteiger partial charge on any atom is 0.253 e. The van der Waals surface area contributed by atoms with Crippen LogP contribution in [0.15, 0.2) is 54.6 Å². The molecule has 1 N–H and O–H groups in total. The summed E-state index contributed by atoms with van der Waals surface area (Å²) in [7, 11) is 0. The van der Waals surface area contributed by atoms with Gasteiger partial charge in [0.1, 0.15) is 0 Å². The van der Waals surface area contributed by atoms with Gasteiger partial charge >= 0.3 is 0 Å². The molecule has 2 aromatic carbocycles. The fraction of sp³-hybridized carbons (Fsp3) is 0.435. The van der Waals surface area contributed by atoms with Crippen molar-refractivity contribution in [3.05, 3.63) is 70.7 Å². The summed E-state index contributed by atoms with van der Waals surface area (Å²) in [5.74, 6) is 0.0483. The summed E-state index contributed by atoms with van der Waals surface area (Å²) in [4.78, 5) is 19.7. The Balaban J connectivity index is 1.50. The van der Waals surface area contributed by atoms with Crippen LogP contribution in [0.4, 0.5) is 0 Å². The van der Waals surface area contributed by atoms with E-state index in [0.717, 1.165) is 26.2 Å². The van der Waals surface area contributed by atoms with Crippen LogP contribution in [0.5, 0.6) is 0 Å². The molecule has 29 heavy (non-hydrogen) atoms. The highest BCUT2D eigenvalue weighted by Gasteiger charge is 2.45. The third kappa shape index (κ3) is 4.33. The second kappa shape index (κ2) is 8.44. The lowest BCUT2D eigenvalue weighted by Crippen LogP contribution is -2.71. The molecule has 2 heterocycles. The monoisotopic (exact) mass is 413 g/mol. The van der Waals surface area contributed by atoms with Crippen molar-refractivity contribution in [3.8, 4) is 0 Å².